The summed E-state index contributed by atoms with van der Waals surface area (Å²) in [7, 11) is 0. The van der Waals surface area contributed by atoms with Crippen molar-refractivity contribution in [3.8, 4) is 11.3 Å². The lowest BCUT2D eigenvalue weighted by molar-refractivity contribution is 0.102. The number of rotatable bonds is 3. The summed E-state index contributed by atoms with van der Waals surface area (Å²) in [5.74, 6) is 0.120. The van der Waals surface area contributed by atoms with Crippen LogP contribution in [0.5, 0.6) is 0 Å². The van der Waals surface area contributed by atoms with Crippen LogP contribution in [-0.4, -0.2) is 15.9 Å². The molecule has 0 saturated heterocycles. The quantitative estimate of drug-likeness (QED) is 0.800. The summed E-state index contributed by atoms with van der Waals surface area (Å²) in [5.41, 5.74) is 1.77. The Hall–Kier alpha value is -2.53. The SMILES string of the molecule is O=C(Nc1nccc(-c2ccccc2)n1)c1cccs1. The zero-order valence-electron chi connectivity index (χ0n) is 10.5. The molecule has 2 heterocycles. The van der Waals surface area contributed by atoms with Gasteiger partial charge >= 0.3 is 0 Å². The largest absolute Gasteiger partial charge is 0.290 e. The molecule has 0 unspecified atom stereocenters. The summed E-state index contributed by atoms with van der Waals surface area (Å²) in [5, 5.41) is 4.56. The van der Waals surface area contributed by atoms with Gasteiger partial charge in [-0.2, -0.15) is 0 Å². The van der Waals surface area contributed by atoms with Gasteiger partial charge in [0, 0.05) is 11.8 Å². The highest BCUT2D eigenvalue weighted by molar-refractivity contribution is 7.12. The van der Waals surface area contributed by atoms with E-state index in [-0.39, 0.29) is 5.91 Å². The predicted octanol–water partition coefficient (Wildman–Crippen LogP) is 3.46. The Bertz CT molecular complexity index is 711. The molecule has 0 saturated carbocycles. The number of thiophene rings is 1. The Morgan fingerprint density at radius 3 is 2.65 bits per heavy atom. The third-order valence-corrected chi connectivity index (χ3v) is 3.56. The second-order valence-corrected chi connectivity index (χ2v) is 5.01. The molecule has 1 amide bonds. The second-order valence-electron chi connectivity index (χ2n) is 4.06. The van der Waals surface area contributed by atoms with Crippen LogP contribution >= 0.6 is 11.3 Å². The van der Waals surface area contributed by atoms with Crippen molar-refractivity contribution in [3.05, 3.63) is 65.0 Å². The smallest absolute Gasteiger partial charge is 0.268 e. The highest BCUT2D eigenvalue weighted by Crippen LogP contribution is 2.17. The fraction of sp³-hybridized carbons (Fsp3) is 0. The van der Waals surface area contributed by atoms with E-state index in [0.29, 0.717) is 10.8 Å². The minimum absolute atomic E-state index is 0.190. The molecule has 0 fully saturated rings. The number of aromatic nitrogens is 2. The Labute approximate surface area is 120 Å². The number of benzene rings is 1. The molecule has 0 aliphatic carbocycles. The van der Waals surface area contributed by atoms with Gasteiger partial charge in [0.05, 0.1) is 10.6 Å². The number of anilines is 1. The van der Waals surface area contributed by atoms with E-state index in [4.69, 9.17) is 0 Å². The minimum atomic E-state index is -0.190. The Morgan fingerprint density at radius 1 is 1.05 bits per heavy atom. The summed E-state index contributed by atoms with van der Waals surface area (Å²) >= 11 is 1.38. The summed E-state index contributed by atoms with van der Waals surface area (Å²) in [6.07, 6.45) is 1.64. The second kappa shape index (κ2) is 5.63. The van der Waals surface area contributed by atoms with Crippen LogP contribution in [-0.2, 0) is 0 Å². The molecule has 3 aromatic rings. The lowest BCUT2D eigenvalue weighted by Crippen LogP contribution is -2.12. The number of nitrogens with one attached hydrogen (secondary N) is 1. The summed E-state index contributed by atoms with van der Waals surface area (Å²) in [6.45, 7) is 0. The van der Waals surface area contributed by atoms with Crippen molar-refractivity contribution in [2.75, 3.05) is 5.32 Å². The fourth-order valence-electron chi connectivity index (χ4n) is 1.76. The molecule has 2 aromatic heterocycles. The van der Waals surface area contributed by atoms with E-state index in [1.165, 1.54) is 11.3 Å². The van der Waals surface area contributed by atoms with Crippen molar-refractivity contribution in [1.29, 1.82) is 0 Å². The maximum atomic E-state index is 11.9. The van der Waals surface area contributed by atoms with E-state index in [9.17, 15) is 4.79 Å². The van der Waals surface area contributed by atoms with E-state index >= 15 is 0 Å². The van der Waals surface area contributed by atoms with Crippen molar-refractivity contribution in [2.24, 2.45) is 0 Å². The lowest BCUT2D eigenvalue weighted by Gasteiger charge is -2.04. The molecule has 0 aliphatic rings. The highest BCUT2D eigenvalue weighted by Gasteiger charge is 2.09. The number of hydrogen-bond donors (Lipinski definition) is 1. The maximum absolute atomic E-state index is 11.9. The average Bonchev–Trinajstić information content (AvgIpc) is 3.03. The van der Waals surface area contributed by atoms with Crippen LogP contribution in [0.3, 0.4) is 0 Å². The first-order chi connectivity index (χ1) is 9.83. The number of carbonyl (C=O) groups is 1. The van der Waals surface area contributed by atoms with Gasteiger partial charge in [-0.1, -0.05) is 36.4 Å². The normalized spacial score (nSPS) is 10.2. The molecule has 5 heteroatoms. The summed E-state index contributed by atoms with van der Waals surface area (Å²) in [4.78, 5) is 21.0. The van der Waals surface area contributed by atoms with Gasteiger partial charge in [-0.15, -0.1) is 11.3 Å². The first-order valence-corrected chi connectivity index (χ1v) is 6.94. The zero-order valence-corrected chi connectivity index (χ0v) is 11.3. The monoisotopic (exact) mass is 281 g/mol. The summed E-state index contributed by atoms with van der Waals surface area (Å²) in [6, 6.07) is 15.2. The molecule has 4 nitrogen and oxygen atoms in total. The van der Waals surface area contributed by atoms with E-state index in [0.717, 1.165) is 11.3 Å². The van der Waals surface area contributed by atoms with E-state index in [1.807, 2.05) is 47.8 Å². The van der Waals surface area contributed by atoms with Crippen LogP contribution in [0.15, 0.2) is 60.1 Å². The standard InChI is InChI=1S/C15H11N3OS/c19-14(13-7-4-10-20-13)18-15-16-9-8-12(17-15)11-5-2-1-3-6-11/h1-10H,(H,16,17,18,19). The highest BCUT2D eigenvalue weighted by atomic mass is 32.1. The van der Waals surface area contributed by atoms with E-state index in [2.05, 4.69) is 15.3 Å². The molecule has 0 radical (unpaired) electrons. The van der Waals surface area contributed by atoms with Crippen LogP contribution in [0, 0.1) is 0 Å². The Morgan fingerprint density at radius 2 is 1.90 bits per heavy atom. The number of hydrogen-bond acceptors (Lipinski definition) is 4. The van der Waals surface area contributed by atoms with E-state index in [1.54, 1.807) is 12.3 Å². The van der Waals surface area contributed by atoms with Gasteiger partial charge in [-0.25, -0.2) is 9.97 Å². The molecule has 0 bridgehead atoms. The van der Waals surface area contributed by atoms with Gasteiger partial charge in [0.15, 0.2) is 0 Å². The van der Waals surface area contributed by atoms with Crippen LogP contribution < -0.4 is 5.32 Å². The van der Waals surface area contributed by atoms with Crippen LogP contribution in [0.1, 0.15) is 9.67 Å². The van der Waals surface area contributed by atoms with Crippen molar-refractivity contribution < 1.29 is 4.79 Å². The van der Waals surface area contributed by atoms with E-state index < -0.39 is 0 Å². The van der Waals surface area contributed by atoms with Crippen molar-refractivity contribution in [1.82, 2.24) is 9.97 Å². The van der Waals surface area contributed by atoms with Gasteiger partial charge in [0.25, 0.3) is 5.91 Å². The zero-order chi connectivity index (χ0) is 13.8. The average molecular weight is 281 g/mol. The van der Waals surface area contributed by atoms with Gasteiger partial charge in [0.2, 0.25) is 5.95 Å². The molecular weight excluding hydrogens is 270 g/mol. The predicted molar refractivity (Wildman–Crippen MR) is 79.7 cm³/mol. The Kier molecular flexibility index (Phi) is 3.52. The lowest BCUT2D eigenvalue weighted by atomic mass is 10.1. The Balaban J connectivity index is 1.83. The van der Waals surface area contributed by atoms with Gasteiger partial charge < -0.3 is 0 Å². The minimum Gasteiger partial charge on any atom is -0.290 e. The first kappa shape index (κ1) is 12.5. The maximum Gasteiger partial charge on any atom is 0.268 e. The molecular formula is C15H11N3OS. The van der Waals surface area contributed by atoms with Gasteiger partial charge in [-0.05, 0) is 17.5 Å². The van der Waals surface area contributed by atoms with Gasteiger partial charge in [-0.3, -0.25) is 10.1 Å². The molecule has 20 heavy (non-hydrogen) atoms. The van der Waals surface area contributed by atoms with Crippen LogP contribution in [0.25, 0.3) is 11.3 Å². The summed E-state index contributed by atoms with van der Waals surface area (Å²) < 4.78 is 0. The molecule has 98 valence electrons. The molecule has 1 aromatic carbocycles. The van der Waals surface area contributed by atoms with Crippen molar-refractivity contribution in [2.45, 2.75) is 0 Å². The van der Waals surface area contributed by atoms with Gasteiger partial charge in [0.1, 0.15) is 0 Å². The van der Waals surface area contributed by atoms with Crippen LogP contribution in [0.2, 0.25) is 0 Å². The first-order valence-electron chi connectivity index (χ1n) is 6.06. The number of carbonyl (C=O) groups excluding carboxylic acids is 1. The topological polar surface area (TPSA) is 54.9 Å². The third kappa shape index (κ3) is 2.73. The molecule has 3 rings (SSSR count). The number of amides is 1. The number of nitrogens with zero attached hydrogens (tertiary/aromatic N) is 2. The van der Waals surface area contributed by atoms with Crippen molar-refractivity contribution >= 4 is 23.2 Å². The molecule has 1 N–H and O–H groups in total. The molecule has 0 spiro atoms. The molecule has 0 atom stereocenters. The fourth-order valence-corrected chi connectivity index (χ4v) is 2.38. The van der Waals surface area contributed by atoms with Crippen molar-refractivity contribution in [3.63, 3.8) is 0 Å². The molecule has 0 aliphatic heterocycles. The van der Waals surface area contributed by atoms with Crippen LogP contribution in [0.4, 0.5) is 5.95 Å². The third-order valence-electron chi connectivity index (χ3n) is 2.70.